The third-order valence-corrected chi connectivity index (χ3v) is 0. The fraction of sp³-hybridized carbons (Fsp3) is 0. The molecular formula is BCaO3Pr+2. The Morgan fingerprint density at radius 1 is 1.00 bits per heavy atom. The molecule has 0 rings (SSSR count). The van der Waals surface area contributed by atoms with E-state index in [4.69, 9.17) is 15.1 Å². The van der Waals surface area contributed by atoms with Gasteiger partial charge in [0, 0.05) is 0 Å². The quantitative estimate of drug-likeness (QED) is 0.402. The smallest absolute Gasteiger partial charge is 0.907 e. The van der Waals surface area contributed by atoms with Crippen molar-refractivity contribution in [2.24, 2.45) is 0 Å². The minimum absolute atomic E-state index is 0. The molecule has 0 saturated heterocycles. The third kappa shape index (κ3) is 30.9. The molecule has 0 fully saturated rings. The van der Waals surface area contributed by atoms with E-state index in [-0.39, 0.29) is 79.0 Å². The van der Waals surface area contributed by atoms with Gasteiger partial charge in [-0.1, -0.05) is 0 Å². The maximum atomic E-state index is 8.42. The van der Waals surface area contributed by atoms with Crippen LogP contribution in [0.5, 0.6) is 0 Å². The van der Waals surface area contributed by atoms with Gasteiger partial charge in [0.1, 0.15) is 0 Å². The first-order valence-corrected chi connectivity index (χ1v) is 0.707. The molecule has 0 atom stereocenters. The maximum Gasteiger partial charge on any atom is 3.00 e. The van der Waals surface area contributed by atoms with Crippen LogP contribution in [0.25, 0.3) is 0 Å². The molecule has 6 heteroatoms. The van der Waals surface area contributed by atoms with Crippen molar-refractivity contribution >= 4 is 45.1 Å². The molecule has 0 aliphatic heterocycles. The maximum absolute atomic E-state index is 8.42. The monoisotopic (exact) mass is 240 g/mol. The van der Waals surface area contributed by atoms with Crippen LogP contribution in [0.15, 0.2) is 0 Å². The molecule has 24 valence electrons. The molecule has 0 aliphatic carbocycles. The first-order valence-electron chi connectivity index (χ1n) is 0.707. The third-order valence-electron chi connectivity index (χ3n) is 0. The van der Waals surface area contributed by atoms with Gasteiger partial charge in [-0.05, 0) is 0 Å². The molecule has 0 bridgehead atoms. The van der Waals surface area contributed by atoms with Crippen LogP contribution in [0.1, 0.15) is 0 Å². The Kier molecular flexibility index (Phi) is 27.8. The molecule has 0 N–H and O–H groups in total. The Balaban J connectivity index is -0.0000000450. The van der Waals surface area contributed by atoms with Crippen LogP contribution in [-0.4, -0.2) is 45.1 Å². The Morgan fingerprint density at radius 3 is 1.00 bits per heavy atom. The summed E-state index contributed by atoms with van der Waals surface area (Å²) in [5, 5.41) is 25.2. The first-order chi connectivity index (χ1) is 1.73. The van der Waals surface area contributed by atoms with Crippen LogP contribution in [0.4, 0.5) is 0 Å². The molecular weight excluding hydrogens is 240 g/mol. The van der Waals surface area contributed by atoms with Crippen LogP contribution < -0.4 is 15.1 Å². The Labute approximate surface area is 99.3 Å². The average molecular weight is 240 g/mol. The zero-order valence-electron chi connectivity index (χ0n) is 3.09. The summed E-state index contributed by atoms with van der Waals surface area (Å²) < 4.78 is 0. The molecule has 0 aliphatic rings. The van der Waals surface area contributed by atoms with Gasteiger partial charge >= 0.3 is 79.0 Å². The molecule has 0 aromatic heterocycles. The van der Waals surface area contributed by atoms with E-state index < -0.39 is 7.32 Å². The van der Waals surface area contributed by atoms with Gasteiger partial charge in [0.25, 0.3) is 0 Å². The van der Waals surface area contributed by atoms with Gasteiger partial charge in [0.05, 0.1) is 0 Å². The van der Waals surface area contributed by atoms with Crippen LogP contribution in [0.2, 0.25) is 0 Å². The second-order valence-corrected chi connectivity index (χ2v) is 0.289. The molecule has 0 radical (unpaired) electrons. The molecule has 6 heavy (non-hydrogen) atoms. The summed E-state index contributed by atoms with van der Waals surface area (Å²) in [5.41, 5.74) is 0. The van der Waals surface area contributed by atoms with Crippen molar-refractivity contribution in [3.63, 3.8) is 0 Å². The second-order valence-electron chi connectivity index (χ2n) is 0.289. The number of hydrogen-bond acceptors (Lipinski definition) is 3. The fourth-order valence-electron chi connectivity index (χ4n) is 0. The van der Waals surface area contributed by atoms with Crippen LogP contribution >= 0.6 is 0 Å². The van der Waals surface area contributed by atoms with E-state index in [9.17, 15) is 0 Å². The standard InChI is InChI=1S/BO3.Ca.Pr/c2-1(3)4;;/q-3;+2;+3. The van der Waals surface area contributed by atoms with E-state index in [0.717, 1.165) is 0 Å². The van der Waals surface area contributed by atoms with E-state index >= 15 is 0 Å². The predicted octanol–water partition coefficient (Wildman–Crippen LogP) is -4.33. The molecule has 0 unspecified atom stereocenters. The van der Waals surface area contributed by atoms with Crippen molar-refractivity contribution in [3.8, 4) is 0 Å². The minimum atomic E-state index is -2.92. The summed E-state index contributed by atoms with van der Waals surface area (Å²) in [6.45, 7) is 0. The summed E-state index contributed by atoms with van der Waals surface area (Å²) >= 11 is 0. The molecule has 0 heterocycles. The molecule has 3 nitrogen and oxygen atoms in total. The Hall–Kier alpha value is 2.57. The predicted molar refractivity (Wildman–Crippen MR) is 11.5 cm³/mol. The molecule has 0 aromatic rings. The SMILES string of the molecule is [Ca+2].[O-]B([O-])[O-].[Pr+3]. The van der Waals surface area contributed by atoms with Gasteiger partial charge < -0.3 is 15.1 Å². The number of rotatable bonds is 0. The van der Waals surface area contributed by atoms with Gasteiger partial charge in [-0.15, -0.1) is 0 Å². The summed E-state index contributed by atoms with van der Waals surface area (Å²) in [6.07, 6.45) is 0. The Bertz CT molecular complexity index is 15.5. The van der Waals surface area contributed by atoms with Gasteiger partial charge in [-0.25, -0.2) is 0 Å². The molecule has 0 spiro atoms. The van der Waals surface area contributed by atoms with Crippen molar-refractivity contribution in [2.45, 2.75) is 0 Å². The van der Waals surface area contributed by atoms with E-state index in [1.165, 1.54) is 0 Å². The van der Waals surface area contributed by atoms with Gasteiger partial charge in [0.2, 0.25) is 0 Å². The van der Waals surface area contributed by atoms with E-state index in [1.807, 2.05) is 0 Å². The van der Waals surface area contributed by atoms with Gasteiger partial charge in [0.15, 0.2) is 0 Å². The molecule has 0 amide bonds. The zero-order valence-corrected chi connectivity index (χ0v) is 9.00. The normalized spacial score (nSPS) is 4.50. The van der Waals surface area contributed by atoms with Crippen LogP contribution in [-0.2, 0) is 0 Å². The fourth-order valence-corrected chi connectivity index (χ4v) is 0. The number of hydrogen-bond donors (Lipinski definition) is 0. The average Bonchev–Trinajstić information content (AvgIpc) is 0.811. The zero-order chi connectivity index (χ0) is 3.58. The summed E-state index contributed by atoms with van der Waals surface area (Å²) in [6, 6.07) is 0. The Morgan fingerprint density at radius 2 is 1.00 bits per heavy atom. The van der Waals surface area contributed by atoms with E-state index in [2.05, 4.69) is 0 Å². The van der Waals surface area contributed by atoms with Crippen molar-refractivity contribution in [1.82, 2.24) is 0 Å². The summed E-state index contributed by atoms with van der Waals surface area (Å²) in [5.74, 6) is 0. The van der Waals surface area contributed by atoms with Gasteiger partial charge in [-0.3, -0.25) is 7.32 Å². The minimum Gasteiger partial charge on any atom is -0.907 e. The second kappa shape index (κ2) is 10.5. The van der Waals surface area contributed by atoms with Gasteiger partial charge in [-0.2, -0.15) is 0 Å². The first kappa shape index (κ1) is 15.8. The van der Waals surface area contributed by atoms with E-state index in [1.54, 1.807) is 0 Å². The van der Waals surface area contributed by atoms with Crippen molar-refractivity contribution in [1.29, 1.82) is 0 Å². The van der Waals surface area contributed by atoms with E-state index in [0.29, 0.717) is 0 Å². The molecule has 0 aromatic carbocycles. The largest absolute Gasteiger partial charge is 3.00 e. The van der Waals surface area contributed by atoms with Crippen molar-refractivity contribution < 1.29 is 56.4 Å². The summed E-state index contributed by atoms with van der Waals surface area (Å²) in [4.78, 5) is 0. The van der Waals surface area contributed by atoms with Crippen LogP contribution in [0, 0.1) is 41.3 Å². The van der Waals surface area contributed by atoms with Crippen LogP contribution in [0.3, 0.4) is 0 Å². The topological polar surface area (TPSA) is 69.2 Å². The van der Waals surface area contributed by atoms with Crippen molar-refractivity contribution in [3.05, 3.63) is 0 Å². The molecule has 0 saturated carbocycles. The van der Waals surface area contributed by atoms with Crippen molar-refractivity contribution in [2.75, 3.05) is 0 Å². The summed E-state index contributed by atoms with van der Waals surface area (Å²) in [7, 11) is -2.92.